The molecule has 4 heteroatoms. The molecular weight excluding hydrogens is 226 g/mol. The van der Waals surface area contributed by atoms with Crippen LogP contribution in [0, 0.1) is 25.2 Å². The van der Waals surface area contributed by atoms with Gasteiger partial charge in [0, 0.05) is 13.6 Å². The average Bonchev–Trinajstić information content (AvgIpc) is 2.61. The summed E-state index contributed by atoms with van der Waals surface area (Å²) in [6.07, 6.45) is 0. The van der Waals surface area contributed by atoms with Gasteiger partial charge in [-0.25, -0.2) is 4.79 Å². The molecule has 0 bridgehead atoms. The molecule has 1 heterocycles. The molecule has 2 rings (SSSR count). The van der Waals surface area contributed by atoms with Gasteiger partial charge in [-0.05, 0) is 25.0 Å². The number of urea groups is 1. The van der Waals surface area contributed by atoms with Crippen LogP contribution in [0.5, 0.6) is 0 Å². The molecule has 0 spiro atoms. The summed E-state index contributed by atoms with van der Waals surface area (Å²) < 4.78 is 0. The van der Waals surface area contributed by atoms with Crippen LogP contribution in [0.2, 0.25) is 0 Å². The Kier molecular flexibility index (Phi) is 3.24. The molecule has 0 aliphatic carbocycles. The van der Waals surface area contributed by atoms with Crippen LogP contribution in [0.25, 0.3) is 0 Å². The molecular formula is C14H17N3O. The number of amides is 2. The SMILES string of the molecule is Cc1ccc(C)c(C2CN(CC#N)C(=O)N2C)c1. The zero-order valence-electron chi connectivity index (χ0n) is 11.0. The van der Waals surface area contributed by atoms with Crippen LogP contribution in [0.3, 0.4) is 0 Å². The summed E-state index contributed by atoms with van der Waals surface area (Å²) in [5.74, 6) is 0. The molecule has 0 radical (unpaired) electrons. The second kappa shape index (κ2) is 4.69. The van der Waals surface area contributed by atoms with Gasteiger partial charge in [0.15, 0.2) is 0 Å². The molecule has 94 valence electrons. The number of rotatable bonds is 2. The largest absolute Gasteiger partial charge is 0.321 e. The lowest BCUT2D eigenvalue weighted by Gasteiger charge is -2.20. The van der Waals surface area contributed by atoms with Crippen molar-refractivity contribution in [3.8, 4) is 6.07 Å². The normalized spacial score (nSPS) is 19.2. The molecule has 18 heavy (non-hydrogen) atoms. The van der Waals surface area contributed by atoms with Gasteiger partial charge in [-0.3, -0.25) is 0 Å². The number of likely N-dealkylation sites (N-methyl/N-ethyl adjacent to an activating group) is 1. The van der Waals surface area contributed by atoms with E-state index in [0.717, 1.165) is 0 Å². The Labute approximate surface area is 107 Å². The number of nitriles is 1. The van der Waals surface area contributed by atoms with Gasteiger partial charge >= 0.3 is 6.03 Å². The Balaban J connectivity index is 2.32. The topological polar surface area (TPSA) is 47.3 Å². The molecule has 4 nitrogen and oxygen atoms in total. The number of benzene rings is 1. The predicted octanol–water partition coefficient (Wildman–Crippen LogP) is 2.24. The van der Waals surface area contributed by atoms with E-state index in [1.807, 2.05) is 13.0 Å². The summed E-state index contributed by atoms with van der Waals surface area (Å²) in [4.78, 5) is 15.3. The van der Waals surface area contributed by atoms with E-state index in [0.29, 0.717) is 6.54 Å². The van der Waals surface area contributed by atoms with Crippen molar-refractivity contribution < 1.29 is 4.79 Å². The molecule has 0 N–H and O–H groups in total. The van der Waals surface area contributed by atoms with Crippen molar-refractivity contribution in [2.45, 2.75) is 19.9 Å². The van der Waals surface area contributed by atoms with E-state index in [2.05, 4.69) is 25.1 Å². The standard InChI is InChI=1S/C14H17N3O/c1-10-4-5-11(2)12(8-10)13-9-17(7-6-15)14(18)16(13)3/h4-5,8,13H,7,9H2,1-3H3. The van der Waals surface area contributed by atoms with E-state index in [9.17, 15) is 4.79 Å². The number of hydrogen-bond donors (Lipinski definition) is 0. The molecule has 1 saturated heterocycles. The molecule has 1 aliphatic heterocycles. The zero-order chi connectivity index (χ0) is 13.3. The fourth-order valence-corrected chi connectivity index (χ4v) is 2.41. The Bertz CT molecular complexity index is 518. The zero-order valence-corrected chi connectivity index (χ0v) is 11.0. The number of aryl methyl sites for hydroxylation is 2. The van der Waals surface area contributed by atoms with E-state index in [4.69, 9.17) is 5.26 Å². The van der Waals surface area contributed by atoms with E-state index in [1.54, 1.807) is 16.8 Å². The highest BCUT2D eigenvalue weighted by atomic mass is 16.2. The fraction of sp³-hybridized carbons (Fsp3) is 0.429. The Morgan fingerprint density at radius 2 is 2.17 bits per heavy atom. The molecule has 0 aromatic heterocycles. The minimum absolute atomic E-state index is 0.0470. The van der Waals surface area contributed by atoms with Gasteiger partial charge in [-0.15, -0.1) is 0 Å². The quantitative estimate of drug-likeness (QED) is 0.748. The molecule has 1 atom stereocenters. The third kappa shape index (κ3) is 2.04. The highest BCUT2D eigenvalue weighted by Gasteiger charge is 2.35. The molecule has 1 aromatic rings. The van der Waals surface area contributed by atoms with E-state index < -0.39 is 0 Å². The number of nitrogens with zero attached hydrogens (tertiary/aromatic N) is 3. The minimum atomic E-state index is -0.0672. The maximum atomic E-state index is 12.0. The lowest BCUT2D eigenvalue weighted by molar-refractivity contribution is 0.199. The fourth-order valence-electron chi connectivity index (χ4n) is 2.41. The molecule has 1 aliphatic rings. The van der Waals surface area contributed by atoms with Crippen molar-refractivity contribution in [3.63, 3.8) is 0 Å². The first-order chi connectivity index (χ1) is 8.54. The Morgan fingerprint density at radius 1 is 1.44 bits per heavy atom. The van der Waals surface area contributed by atoms with Crippen LogP contribution < -0.4 is 0 Å². The van der Waals surface area contributed by atoms with Gasteiger partial charge in [0.2, 0.25) is 0 Å². The van der Waals surface area contributed by atoms with Crippen molar-refractivity contribution in [3.05, 3.63) is 34.9 Å². The molecule has 2 amide bonds. The van der Waals surface area contributed by atoms with Gasteiger partial charge in [-0.2, -0.15) is 5.26 Å². The predicted molar refractivity (Wildman–Crippen MR) is 69.0 cm³/mol. The summed E-state index contributed by atoms with van der Waals surface area (Å²) in [7, 11) is 1.80. The van der Waals surface area contributed by atoms with Crippen molar-refractivity contribution in [1.82, 2.24) is 9.80 Å². The monoisotopic (exact) mass is 243 g/mol. The number of carbonyl (C=O) groups is 1. The average molecular weight is 243 g/mol. The first-order valence-electron chi connectivity index (χ1n) is 6.00. The molecule has 1 fully saturated rings. The maximum absolute atomic E-state index is 12.0. The van der Waals surface area contributed by atoms with Gasteiger partial charge in [-0.1, -0.05) is 23.8 Å². The summed E-state index contributed by atoms with van der Waals surface area (Å²) in [6, 6.07) is 8.29. The summed E-state index contributed by atoms with van der Waals surface area (Å²) in [5.41, 5.74) is 3.55. The van der Waals surface area contributed by atoms with Crippen LogP contribution in [0.15, 0.2) is 18.2 Å². The van der Waals surface area contributed by atoms with E-state index in [-0.39, 0.29) is 18.6 Å². The van der Waals surface area contributed by atoms with E-state index >= 15 is 0 Å². The molecule has 1 aromatic carbocycles. The maximum Gasteiger partial charge on any atom is 0.321 e. The third-order valence-corrected chi connectivity index (χ3v) is 3.49. The number of hydrogen-bond acceptors (Lipinski definition) is 2. The number of carbonyl (C=O) groups excluding carboxylic acids is 1. The first kappa shape index (κ1) is 12.4. The van der Waals surface area contributed by atoms with Gasteiger partial charge in [0.05, 0.1) is 12.1 Å². The summed E-state index contributed by atoms with van der Waals surface area (Å²) in [5, 5.41) is 8.72. The van der Waals surface area contributed by atoms with Crippen molar-refractivity contribution in [1.29, 1.82) is 5.26 Å². The van der Waals surface area contributed by atoms with Crippen molar-refractivity contribution >= 4 is 6.03 Å². The second-order valence-electron chi connectivity index (χ2n) is 4.81. The van der Waals surface area contributed by atoms with Gasteiger partial charge in [0.1, 0.15) is 6.54 Å². The van der Waals surface area contributed by atoms with Crippen LogP contribution in [0.1, 0.15) is 22.7 Å². The lowest BCUT2D eigenvalue weighted by Crippen LogP contribution is -2.29. The Morgan fingerprint density at radius 3 is 2.83 bits per heavy atom. The summed E-state index contributed by atoms with van der Waals surface area (Å²) >= 11 is 0. The van der Waals surface area contributed by atoms with Crippen LogP contribution >= 0.6 is 0 Å². The Hall–Kier alpha value is -2.02. The van der Waals surface area contributed by atoms with Gasteiger partial charge in [0.25, 0.3) is 0 Å². The van der Waals surface area contributed by atoms with Crippen molar-refractivity contribution in [2.24, 2.45) is 0 Å². The first-order valence-corrected chi connectivity index (χ1v) is 6.00. The van der Waals surface area contributed by atoms with Gasteiger partial charge < -0.3 is 9.80 Å². The van der Waals surface area contributed by atoms with Crippen LogP contribution in [-0.4, -0.2) is 36.0 Å². The smallest absolute Gasteiger partial charge is 0.319 e. The minimum Gasteiger partial charge on any atom is -0.319 e. The lowest BCUT2D eigenvalue weighted by atomic mass is 9.99. The summed E-state index contributed by atoms with van der Waals surface area (Å²) in [6.45, 7) is 4.85. The second-order valence-corrected chi connectivity index (χ2v) is 4.81. The van der Waals surface area contributed by atoms with Crippen LogP contribution in [0.4, 0.5) is 4.79 Å². The highest BCUT2D eigenvalue weighted by Crippen LogP contribution is 2.30. The van der Waals surface area contributed by atoms with E-state index in [1.165, 1.54) is 16.7 Å². The molecule has 0 saturated carbocycles. The van der Waals surface area contributed by atoms with Crippen LogP contribution in [-0.2, 0) is 0 Å². The molecule has 1 unspecified atom stereocenters. The third-order valence-electron chi connectivity index (χ3n) is 3.49. The van der Waals surface area contributed by atoms with Crippen molar-refractivity contribution in [2.75, 3.05) is 20.1 Å². The highest BCUT2D eigenvalue weighted by molar-refractivity contribution is 5.77.